The lowest BCUT2D eigenvalue weighted by Crippen LogP contribution is -2.49. The molecule has 1 aliphatic carbocycles. The highest BCUT2D eigenvalue weighted by molar-refractivity contribution is 6.07. The maximum Gasteiger partial charge on any atom is 0.254 e. The Morgan fingerprint density at radius 2 is 1.64 bits per heavy atom. The van der Waals surface area contributed by atoms with Gasteiger partial charge in [0.15, 0.2) is 0 Å². The highest BCUT2D eigenvalue weighted by Gasteiger charge is 2.29. The molecule has 2 aromatic rings. The van der Waals surface area contributed by atoms with Crippen molar-refractivity contribution < 1.29 is 19.1 Å². The first-order valence-corrected chi connectivity index (χ1v) is 14.0. The first kappa shape index (κ1) is 27.1. The standard InChI is InChI=1S/C31H38N4O4/c1-21-16-23(3)29(32-20-21)33-8-10-34(11-9-33)30(37)27-7-5-24(17-25-19-26(36)6-4-22(25)2)18-28(27)31(38)35-12-14-39-15-13-35/h5,7,16-18,20,22H,4,6,8-15,19H2,1-3H3/b25-17-. The van der Waals surface area contributed by atoms with Crippen LogP contribution in [0.4, 0.5) is 5.82 Å². The van der Waals surface area contributed by atoms with Crippen molar-refractivity contribution in [2.75, 3.05) is 57.4 Å². The van der Waals surface area contributed by atoms with Gasteiger partial charge in [-0.25, -0.2) is 4.98 Å². The van der Waals surface area contributed by atoms with Crippen molar-refractivity contribution in [1.82, 2.24) is 14.8 Å². The van der Waals surface area contributed by atoms with Gasteiger partial charge >= 0.3 is 0 Å². The predicted molar refractivity (Wildman–Crippen MR) is 151 cm³/mol. The summed E-state index contributed by atoms with van der Waals surface area (Å²) in [5.41, 5.74) is 5.05. The summed E-state index contributed by atoms with van der Waals surface area (Å²) in [6.07, 6.45) is 5.84. The summed E-state index contributed by atoms with van der Waals surface area (Å²) in [5.74, 6) is 1.27. The smallest absolute Gasteiger partial charge is 0.254 e. The molecule has 3 fully saturated rings. The monoisotopic (exact) mass is 530 g/mol. The van der Waals surface area contributed by atoms with Gasteiger partial charge in [-0.05, 0) is 55.0 Å². The number of Topliss-reactive ketones (excluding diaryl/α,β-unsaturated/α-hetero) is 1. The molecule has 1 aromatic carbocycles. The lowest BCUT2D eigenvalue weighted by atomic mass is 9.83. The van der Waals surface area contributed by atoms with E-state index in [9.17, 15) is 14.4 Å². The van der Waals surface area contributed by atoms with Crippen molar-refractivity contribution in [2.45, 2.75) is 40.0 Å². The van der Waals surface area contributed by atoms with Crippen molar-refractivity contribution >= 4 is 29.5 Å². The fourth-order valence-corrected chi connectivity index (χ4v) is 5.74. The maximum absolute atomic E-state index is 13.8. The normalized spacial score (nSPS) is 21.4. The highest BCUT2D eigenvalue weighted by Crippen LogP contribution is 2.30. The minimum Gasteiger partial charge on any atom is -0.378 e. The molecule has 2 amide bonds. The van der Waals surface area contributed by atoms with E-state index in [-0.39, 0.29) is 17.6 Å². The van der Waals surface area contributed by atoms with Crippen LogP contribution in [0.5, 0.6) is 0 Å². The molecule has 206 valence electrons. The molecule has 1 unspecified atom stereocenters. The molecule has 0 radical (unpaired) electrons. The van der Waals surface area contributed by atoms with E-state index in [0.29, 0.717) is 82.4 Å². The molecule has 8 heteroatoms. The topological polar surface area (TPSA) is 83.1 Å². The van der Waals surface area contributed by atoms with E-state index in [1.807, 2.05) is 36.2 Å². The van der Waals surface area contributed by atoms with Crippen LogP contribution in [0.25, 0.3) is 6.08 Å². The van der Waals surface area contributed by atoms with Gasteiger partial charge in [0.25, 0.3) is 11.8 Å². The number of allylic oxidation sites excluding steroid dienone is 1. The van der Waals surface area contributed by atoms with Crippen molar-refractivity contribution in [2.24, 2.45) is 5.92 Å². The number of aromatic nitrogens is 1. The van der Waals surface area contributed by atoms with Crippen LogP contribution in [0.15, 0.2) is 36.0 Å². The van der Waals surface area contributed by atoms with Crippen LogP contribution in [-0.4, -0.2) is 84.9 Å². The Bertz CT molecular complexity index is 1290. The van der Waals surface area contributed by atoms with Gasteiger partial charge in [-0.3, -0.25) is 14.4 Å². The van der Waals surface area contributed by atoms with E-state index < -0.39 is 0 Å². The molecule has 1 saturated carbocycles. The molecule has 0 spiro atoms. The van der Waals surface area contributed by atoms with Crippen molar-refractivity contribution in [1.29, 1.82) is 0 Å². The molecule has 0 N–H and O–H groups in total. The van der Waals surface area contributed by atoms with Gasteiger partial charge < -0.3 is 19.4 Å². The molecule has 1 atom stereocenters. The number of carbonyl (C=O) groups excluding carboxylic acids is 3. The van der Waals surface area contributed by atoms with E-state index in [1.165, 1.54) is 0 Å². The van der Waals surface area contributed by atoms with Gasteiger partial charge in [-0.15, -0.1) is 0 Å². The molecule has 2 aliphatic heterocycles. The summed E-state index contributed by atoms with van der Waals surface area (Å²) in [4.78, 5) is 50.0. The number of morpholine rings is 1. The number of anilines is 1. The first-order valence-electron chi connectivity index (χ1n) is 14.0. The number of aryl methyl sites for hydroxylation is 2. The molecule has 3 aliphatic rings. The third-order valence-electron chi connectivity index (χ3n) is 8.10. The Morgan fingerprint density at radius 3 is 2.36 bits per heavy atom. The largest absolute Gasteiger partial charge is 0.378 e. The SMILES string of the molecule is Cc1cnc(N2CCN(C(=O)c3ccc(/C=C4/CC(=O)CCC4C)cc3C(=O)N3CCOCC3)CC2)c(C)c1. The average Bonchev–Trinajstić information content (AvgIpc) is 2.95. The number of benzene rings is 1. The predicted octanol–water partition coefficient (Wildman–Crippen LogP) is 3.91. The summed E-state index contributed by atoms with van der Waals surface area (Å²) in [6.45, 7) is 10.7. The Morgan fingerprint density at radius 1 is 0.949 bits per heavy atom. The van der Waals surface area contributed by atoms with Gasteiger partial charge in [0.05, 0.1) is 24.3 Å². The Labute approximate surface area is 230 Å². The number of hydrogen-bond acceptors (Lipinski definition) is 6. The fourth-order valence-electron chi connectivity index (χ4n) is 5.74. The summed E-state index contributed by atoms with van der Waals surface area (Å²) in [6, 6.07) is 7.65. The number of piperazine rings is 1. The average molecular weight is 531 g/mol. The molecule has 2 saturated heterocycles. The Hall–Kier alpha value is -3.52. The minimum absolute atomic E-state index is 0.125. The van der Waals surface area contributed by atoms with Gasteiger partial charge in [-0.2, -0.15) is 0 Å². The molecule has 8 nitrogen and oxygen atoms in total. The summed E-state index contributed by atoms with van der Waals surface area (Å²) >= 11 is 0. The van der Waals surface area contributed by atoms with Crippen molar-refractivity contribution in [3.8, 4) is 0 Å². The second-order valence-electron chi connectivity index (χ2n) is 11.0. The number of rotatable bonds is 4. The molecule has 1 aromatic heterocycles. The number of ether oxygens (including phenoxy) is 1. The Kier molecular flexibility index (Phi) is 8.12. The second-order valence-corrected chi connectivity index (χ2v) is 11.0. The molecule has 39 heavy (non-hydrogen) atoms. The van der Waals surface area contributed by atoms with Crippen LogP contribution >= 0.6 is 0 Å². The second kappa shape index (κ2) is 11.7. The summed E-state index contributed by atoms with van der Waals surface area (Å²) in [7, 11) is 0. The van der Waals surface area contributed by atoms with Crippen LogP contribution in [0.2, 0.25) is 0 Å². The van der Waals surface area contributed by atoms with Gasteiger partial charge in [0, 0.05) is 58.3 Å². The van der Waals surface area contributed by atoms with Crippen LogP contribution in [-0.2, 0) is 9.53 Å². The van der Waals surface area contributed by atoms with E-state index >= 15 is 0 Å². The number of ketones is 1. The maximum atomic E-state index is 13.8. The van der Waals surface area contributed by atoms with Crippen molar-refractivity contribution in [3.05, 3.63) is 63.9 Å². The first-order chi connectivity index (χ1) is 18.8. The van der Waals surface area contributed by atoms with E-state index in [2.05, 4.69) is 29.8 Å². The van der Waals surface area contributed by atoms with Crippen LogP contribution in [0.1, 0.15) is 63.6 Å². The lowest BCUT2D eigenvalue weighted by molar-refractivity contribution is -0.119. The minimum atomic E-state index is -0.146. The zero-order chi connectivity index (χ0) is 27.5. The molecule has 0 bridgehead atoms. The van der Waals surface area contributed by atoms with Crippen molar-refractivity contribution in [3.63, 3.8) is 0 Å². The number of nitrogens with zero attached hydrogens (tertiary/aromatic N) is 4. The highest BCUT2D eigenvalue weighted by atomic mass is 16.5. The lowest BCUT2D eigenvalue weighted by Gasteiger charge is -2.36. The molecular weight excluding hydrogens is 492 g/mol. The van der Waals surface area contributed by atoms with E-state index in [1.54, 1.807) is 11.0 Å². The third-order valence-corrected chi connectivity index (χ3v) is 8.10. The zero-order valence-corrected chi connectivity index (χ0v) is 23.2. The quantitative estimate of drug-likeness (QED) is 0.596. The van der Waals surface area contributed by atoms with E-state index in [0.717, 1.165) is 34.5 Å². The molecule has 5 rings (SSSR count). The van der Waals surface area contributed by atoms with Crippen LogP contribution in [0.3, 0.4) is 0 Å². The summed E-state index contributed by atoms with van der Waals surface area (Å²) in [5, 5.41) is 0. The molecule has 3 heterocycles. The molecular formula is C31H38N4O4. The number of hydrogen-bond donors (Lipinski definition) is 0. The van der Waals surface area contributed by atoms with Gasteiger partial charge in [-0.1, -0.05) is 30.7 Å². The van der Waals surface area contributed by atoms with Crippen LogP contribution < -0.4 is 4.90 Å². The Balaban J connectivity index is 1.39. The number of pyridine rings is 1. The number of amides is 2. The van der Waals surface area contributed by atoms with Gasteiger partial charge in [0.1, 0.15) is 11.6 Å². The zero-order valence-electron chi connectivity index (χ0n) is 23.2. The van der Waals surface area contributed by atoms with E-state index in [4.69, 9.17) is 4.74 Å². The fraction of sp³-hybridized carbons (Fsp3) is 0.484. The third kappa shape index (κ3) is 6.06. The van der Waals surface area contributed by atoms with Gasteiger partial charge in [0.2, 0.25) is 0 Å². The summed E-state index contributed by atoms with van der Waals surface area (Å²) < 4.78 is 5.45. The van der Waals surface area contributed by atoms with Crippen LogP contribution in [0, 0.1) is 19.8 Å². The number of carbonyl (C=O) groups is 3.